The molecule has 0 bridgehead atoms. The molecule has 28 heavy (non-hydrogen) atoms. The van der Waals surface area contributed by atoms with Crippen LogP contribution in [0.2, 0.25) is 0 Å². The van der Waals surface area contributed by atoms with E-state index >= 15 is 0 Å². The summed E-state index contributed by atoms with van der Waals surface area (Å²) in [6.45, 7) is 1.56. The Balaban J connectivity index is 0.00000225. The molecule has 1 unspecified atom stereocenters. The molecule has 3 N–H and O–H groups in total. The second-order valence-electron chi connectivity index (χ2n) is 6.53. The van der Waals surface area contributed by atoms with E-state index in [0.717, 1.165) is 5.56 Å². The van der Waals surface area contributed by atoms with Gasteiger partial charge in [0.15, 0.2) is 11.5 Å². The van der Waals surface area contributed by atoms with E-state index < -0.39 is 0 Å². The predicted molar refractivity (Wildman–Crippen MR) is 107 cm³/mol. The Morgan fingerprint density at radius 3 is 2.61 bits per heavy atom. The maximum Gasteiger partial charge on any atom is 0.243 e. The minimum absolute atomic E-state index is 0. The van der Waals surface area contributed by atoms with Crippen LogP contribution in [0.3, 0.4) is 0 Å². The summed E-state index contributed by atoms with van der Waals surface area (Å²) in [5, 5.41) is 8.66. The molecule has 0 saturated carbocycles. The third-order valence-corrected chi connectivity index (χ3v) is 4.65. The van der Waals surface area contributed by atoms with Gasteiger partial charge in [-0.05, 0) is 29.7 Å². The van der Waals surface area contributed by atoms with Gasteiger partial charge in [-0.1, -0.05) is 24.3 Å². The largest absolute Gasteiger partial charge is 0.486 e. The number of halogens is 1. The Hall–Kier alpha value is -2.77. The Kier molecular flexibility index (Phi) is 6.38. The highest BCUT2D eigenvalue weighted by molar-refractivity contribution is 5.95. The molecule has 2 amide bonds. The predicted octanol–water partition coefficient (Wildman–Crippen LogP) is 1.65. The van der Waals surface area contributed by atoms with Crippen molar-refractivity contribution in [3.05, 3.63) is 53.6 Å². The van der Waals surface area contributed by atoms with Crippen molar-refractivity contribution in [3.63, 3.8) is 0 Å². The van der Waals surface area contributed by atoms with Crippen LogP contribution >= 0.6 is 12.4 Å². The molecular weight excluding hydrogens is 382 g/mol. The molecule has 2 aliphatic rings. The highest BCUT2D eigenvalue weighted by atomic mass is 35.5. The van der Waals surface area contributed by atoms with Crippen molar-refractivity contribution in [1.29, 1.82) is 0 Å². The Morgan fingerprint density at radius 1 is 1.04 bits per heavy atom. The molecule has 2 aromatic rings. The van der Waals surface area contributed by atoms with Gasteiger partial charge in [0.25, 0.3) is 0 Å². The van der Waals surface area contributed by atoms with E-state index in [1.54, 1.807) is 18.2 Å². The van der Waals surface area contributed by atoms with Crippen LogP contribution in [0.5, 0.6) is 11.5 Å². The van der Waals surface area contributed by atoms with Crippen molar-refractivity contribution >= 4 is 29.9 Å². The van der Waals surface area contributed by atoms with Crippen molar-refractivity contribution in [2.45, 2.75) is 19.0 Å². The number of carbonyl (C=O) groups is 2. The number of carbonyl (C=O) groups excluding carboxylic acids is 2. The first-order valence-electron chi connectivity index (χ1n) is 8.96. The number of anilines is 1. The van der Waals surface area contributed by atoms with Crippen LogP contribution < -0.4 is 25.4 Å². The Labute approximate surface area is 169 Å². The fourth-order valence-electron chi connectivity index (χ4n) is 3.26. The number of hydrogen-bond donors (Lipinski definition) is 3. The zero-order valence-corrected chi connectivity index (χ0v) is 16.0. The van der Waals surface area contributed by atoms with Crippen LogP contribution in [0.15, 0.2) is 42.5 Å². The summed E-state index contributed by atoms with van der Waals surface area (Å²) >= 11 is 0. The average Bonchev–Trinajstić information content (AvgIpc) is 2.71. The molecule has 8 heteroatoms. The lowest BCUT2D eigenvalue weighted by molar-refractivity contribution is -0.125. The maximum absolute atomic E-state index is 12.4. The summed E-state index contributed by atoms with van der Waals surface area (Å²) in [6, 6.07) is 12.9. The smallest absolute Gasteiger partial charge is 0.243 e. The summed E-state index contributed by atoms with van der Waals surface area (Å²) in [7, 11) is 0. The second-order valence-corrected chi connectivity index (χ2v) is 6.53. The lowest BCUT2D eigenvalue weighted by atomic mass is 9.95. The van der Waals surface area contributed by atoms with E-state index in [-0.39, 0.29) is 36.8 Å². The molecule has 0 fully saturated rings. The molecule has 2 aromatic carbocycles. The maximum atomic E-state index is 12.4. The van der Waals surface area contributed by atoms with Crippen molar-refractivity contribution in [2.75, 3.05) is 25.1 Å². The zero-order chi connectivity index (χ0) is 18.6. The number of amides is 2. The van der Waals surface area contributed by atoms with E-state index in [4.69, 9.17) is 9.47 Å². The lowest BCUT2D eigenvalue weighted by Gasteiger charge is -2.25. The van der Waals surface area contributed by atoms with Crippen molar-refractivity contribution in [1.82, 2.24) is 10.6 Å². The number of ether oxygens (including phenoxy) is 2. The van der Waals surface area contributed by atoms with Gasteiger partial charge in [0.1, 0.15) is 13.2 Å². The van der Waals surface area contributed by atoms with Gasteiger partial charge in [0.05, 0.1) is 12.6 Å². The minimum atomic E-state index is -0.331. The molecule has 0 aliphatic carbocycles. The van der Waals surface area contributed by atoms with Gasteiger partial charge in [-0.15, -0.1) is 12.4 Å². The van der Waals surface area contributed by atoms with Crippen molar-refractivity contribution < 1.29 is 19.1 Å². The van der Waals surface area contributed by atoms with Crippen LogP contribution in [-0.4, -0.2) is 37.6 Å². The van der Waals surface area contributed by atoms with Crippen molar-refractivity contribution in [2.24, 2.45) is 0 Å². The topological polar surface area (TPSA) is 88.7 Å². The fraction of sp³-hybridized carbons (Fsp3) is 0.300. The first kappa shape index (κ1) is 20.0. The summed E-state index contributed by atoms with van der Waals surface area (Å²) in [5.41, 5.74) is 2.97. The number of nitrogens with one attached hydrogen (secondary N) is 3. The number of hydrogen-bond acceptors (Lipinski definition) is 5. The average molecular weight is 404 g/mol. The van der Waals surface area contributed by atoms with Gasteiger partial charge >= 0.3 is 0 Å². The van der Waals surface area contributed by atoms with Crippen LogP contribution in [0.25, 0.3) is 0 Å². The molecule has 1 atom stereocenters. The molecule has 4 rings (SSSR count). The standard InChI is InChI=1S/C20H21N3O4.ClH/c24-19(23-15-5-6-17-18(10-15)27-8-7-26-17)12-22-20(25)16-9-13-3-1-2-4-14(13)11-21-16;/h1-6,10,16,21H,7-9,11-12H2,(H,22,25)(H,23,24);1H. The van der Waals surface area contributed by atoms with E-state index in [1.165, 1.54) is 5.56 Å². The molecule has 0 radical (unpaired) electrons. The molecule has 148 valence electrons. The molecule has 2 aliphatic heterocycles. The van der Waals surface area contributed by atoms with Gasteiger partial charge in [0, 0.05) is 18.3 Å². The summed E-state index contributed by atoms with van der Waals surface area (Å²) < 4.78 is 11.0. The number of rotatable bonds is 4. The number of benzene rings is 2. The first-order valence-corrected chi connectivity index (χ1v) is 8.96. The highest BCUT2D eigenvalue weighted by Crippen LogP contribution is 2.32. The first-order chi connectivity index (χ1) is 13.2. The quantitative estimate of drug-likeness (QED) is 0.722. The van der Waals surface area contributed by atoms with Gasteiger partial charge in [-0.25, -0.2) is 0 Å². The molecular formula is C20H22ClN3O4. The third kappa shape index (κ3) is 4.55. The minimum Gasteiger partial charge on any atom is -0.486 e. The molecule has 0 spiro atoms. The van der Waals surface area contributed by atoms with Crippen LogP contribution in [0.1, 0.15) is 11.1 Å². The van der Waals surface area contributed by atoms with E-state index in [9.17, 15) is 9.59 Å². The van der Waals surface area contributed by atoms with E-state index in [2.05, 4.69) is 22.0 Å². The second kappa shape index (κ2) is 8.95. The van der Waals surface area contributed by atoms with Crippen LogP contribution in [0.4, 0.5) is 5.69 Å². The van der Waals surface area contributed by atoms with Gasteiger partial charge in [0.2, 0.25) is 11.8 Å². The molecule has 0 saturated heterocycles. The number of fused-ring (bicyclic) bond motifs is 2. The van der Waals surface area contributed by atoms with Crippen LogP contribution in [0, 0.1) is 0 Å². The Bertz CT molecular complexity index is 874. The summed E-state index contributed by atoms with van der Waals surface area (Å²) in [4.78, 5) is 24.5. The molecule has 0 aromatic heterocycles. The molecule has 7 nitrogen and oxygen atoms in total. The zero-order valence-electron chi connectivity index (χ0n) is 15.2. The fourth-order valence-corrected chi connectivity index (χ4v) is 3.26. The van der Waals surface area contributed by atoms with Gasteiger partial charge in [-0.2, -0.15) is 0 Å². The van der Waals surface area contributed by atoms with Crippen molar-refractivity contribution in [3.8, 4) is 11.5 Å². The molecule has 2 heterocycles. The third-order valence-electron chi connectivity index (χ3n) is 4.65. The SMILES string of the molecule is Cl.O=C(CNC(=O)C1Cc2ccccc2CN1)Nc1ccc2c(c1)OCCO2. The summed E-state index contributed by atoms with van der Waals surface area (Å²) in [5.74, 6) is 0.794. The highest BCUT2D eigenvalue weighted by Gasteiger charge is 2.24. The van der Waals surface area contributed by atoms with Gasteiger partial charge < -0.3 is 25.4 Å². The van der Waals surface area contributed by atoms with E-state index in [0.29, 0.717) is 43.4 Å². The Morgan fingerprint density at radius 2 is 1.79 bits per heavy atom. The normalized spacial score (nSPS) is 16.9. The van der Waals surface area contributed by atoms with Crippen LogP contribution in [-0.2, 0) is 22.6 Å². The monoisotopic (exact) mass is 403 g/mol. The van der Waals surface area contributed by atoms with E-state index in [1.807, 2.05) is 18.2 Å². The van der Waals surface area contributed by atoms with Gasteiger partial charge in [-0.3, -0.25) is 9.59 Å². The summed E-state index contributed by atoms with van der Waals surface area (Å²) in [6.07, 6.45) is 0.617. The lowest BCUT2D eigenvalue weighted by Crippen LogP contribution is -2.49.